The standard InChI is InChI=1S/C18H19ClN2O4/c1-4-16(12-5-8-17(25-3)11(2)9-12)20-18(22)14-7-6-13(21(23)24)10-15(14)19/h5-10,16H,4H2,1-3H3,(H,20,22). The molecule has 132 valence electrons. The van der Waals surface area contributed by atoms with Crippen molar-refractivity contribution in [2.24, 2.45) is 0 Å². The summed E-state index contributed by atoms with van der Waals surface area (Å²) in [6, 6.07) is 9.32. The summed E-state index contributed by atoms with van der Waals surface area (Å²) >= 11 is 6.02. The van der Waals surface area contributed by atoms with Crippen LogP contribution >= 0.6 is 11.6 Å². The van der Waals surface area contributed by atoms with Crippen LogP contribution in [-0.4, -0.2) is 17.9 Å². The second-order valence-electron chi connectivity index (χ2n) is 5.58. The molecule has 0 fully saturated rings. The van der Waals surface area contributed by atoms with Gasteiger partial charge in [-0.2, -0.15) is 0 Å². The topological polar surface area (TPSA) is 81.5 Å². The molecule has 25 heavy (non-hydrogen) atoms. The van der Waals surface area contributed by atoms with Crippen molar-refractivity contribution in [3.63, 3.8) is 0 Å². The maximum Gasteiger partial charge on any atom is 0.270 e. The lowest BCUT2D eigenvalue weighted by atomic mass is 10.0. The molecule has 0 saturated heterocycles. The fourth-order valence-corrected chi connectivity index (χ4v) is 2.84. The highest BCUT2D eigenvalue weighted by atomic mass is 35.5. The summed E-state index contributed by atoms with van der Waals surface area (Å²) in [6.45, 7) is 3.89. The Balaban J connectivity index is 2.22. The van der Waals surface area contributed by atoms with Gasteiger partial charge in [-0.25, -0.2) is 0 Å². The van der Waals surface area contributed by atoms with Crippen LogP contribution in [0.1, 0.15) is 40.9 Å². The maximum absolute atomic E-state index is 12.5. The van der Waals surface area contributed by atoms with Gasteiger partial charge in [0.15, 0.2) is 0 Å². The number of nitrogens with one attached hydrogen (secondary N) is 1. The van der Waals surface area contributed by atoms with Gasteiger partial charge in [0.2, 0.25) is 0 Å². The van der Waals surface area contributed by atoms with Crippen LogP contribution in [0.3, 0.4) is 0 Å². The third-order valence-corrected chi connectivity index (χ3v) is 4.26. The molecular weight excluding hydrogens is 344 g/mol. The van der Waals surface area contributed by atoms with E-state index in [1.165, 1.54) is 18.2 Å². The van der Waals surface area contributed by atoms with E-state index in [9.17, 15) is 14.9 Å². The Morgan fingerprint density at radius 3 is 2.56 bits per heavy atom. The summed E-state index contributed by atoms with van der Waals surface area (Å²) in [6.07, 6.45) is 0.683. The van der Waals surface area contributed by atoms with Crippen LogP contribution in [0.4, 0.5) is 5.69 Å². The first kappa shape index (κ1) is 18.7. The zero-order valence-corrected chi connectivity index (χ0v) is 15.0. The summed E-state index contributed by atoms with van der Waals surface area (Å²) < 4.78 is 5.25. The highest BCUT2D eigenvalue weighted by Gasteiger charge is 2.19. The van der Waals surface area contributed by atoms with E-state index in [1.807, 2.05) is 32.0 Å². The van der Waals surface area contributed by atoms with Gasteiger partial charge < -0.3 is 10.1 Å². The first-order valence-electron chi connectivity index (χ1n) is 7.76. The van der Waals surface area contributed by atoms with Gasteiger partial charge >= 0.3 is 0 Å². The van der Waals surface area contributed by atoms with Crippen molar-refractivity contribution in [1.82, 2.24) is 5.32 Å². The predicted octanol–water partition coefficient (Wildman–Crippen LogP) is 4.45. The highest BCUT2D eigenvalue weighted by molar-refractivity contribution is 6.34. The minimum Gasteiger partial charge on any atom is -0.496 e. The zero-order chi connectivity index (χ0) is 18.6. The van der Waals surface area contributed by atoms with Crippen molar-refractivity contribution >= 4 is 23.2 Å². The lowest BCUT2D eigenvalue weighted by molar-refractivity contribution is -0.384. The van der Waals surface area contributed by atoms with Crippen molar-refractivity contribution in [2.45, 2.75) is 26.3 Å². The number of methoxy groups -OCH3 is 1. The van der Waals surface area contributed by atoms with E-state index in [4.69, 9.17) is 16.3 Å². The summed E-state index contributed by atoms with van der Waals surface area (Å²) in [5.41, 5.74) is 1.98. The quantitative estimate of drug-likeness (QED) is 0.608. The minimum atomic E-state index is -0.553. The van der Waals surface area contributed by atoms with Gasteiger partial charge in [0.25, 0.3) is 11.6 Å². The molecule has 0 radical (unpaired) electrons. The van der Waals surface area contributed by atoms with Gasteiger partial charge in [0.1, 0.15) is 5.75 Å². The smallest absolute Gasteiger partial charge is 0.270 e. The highest BCUT2D eigenvalue weighted by Crippen LogP contribution is 2.26. The van der Waals surface area contributed by atoms with Crippen molar-refractivity contribution < 1.29 is 14.5 Å². The summed E-state index contributed by atoms with van der Waals surface area (Å²) in [7, 11) is 1.61. The molecule has 0 aromatic heterocycles. The van der Waals surface area contributed by atoms with E-state index in [1.54, 1.807) is 7.11 Å². The van der Waals surface area contributed by atoms with Gasteiger partial charge in [0.05, 0.1) is 28.7 Å². The predicted molar refractivity (Wildman–Crippen MR) is 96.3 cm³/mol. The fraction of sp³-hybridized carbons (Fsp3) is 0.278. The van der Waals surface area contributed by atoms with Crippen LogP contribution in [0.25, 0.3) is 0 Å². The number of carbonyl (C=O) groups excluding carboxylic acids is 1. The van der Waals surface area contributed by atoms with E-state index >= 15 is 0 Å². The number of benzene rings is 2. The fourth-order valence-electron chi connectivity index (χ4n) is 2.58. The molecule has 1 unspecified atom stereocenters. The average Bonchev–Trinajstić information content (AvgIpc) is 2.59. The van der Waals surface area contributed by atoms with Crippen LogP contribution in [0, 0.1) is 17.0 Å². The molecule has 6 nitrogen and oxygen atoms in total. The molecular formula is C18H19ClN2O4. The normalized spacial score (nSPS) is 11.7. The molecule has 0 saturated carbocycles. The Morgan fingerprint density at radius 2 is 2.04 bits per heavy atom. The molecule has 2 rings (SSSR count). The number of non-ortho nitro benzene ring substituents is 1. The largest absolute Gasteiger partial charge is 0.496 e. The van der Waals surface area contributed by atoms with Crippen LogP contribution in [-0.2, 0) is 0 Å². The van der Waals surface area contributed by atoms with Crippen molar-refractivity contribution in [3.05, 3.63) is 68.2 Å². The lowest BCUT2D eigenvalue weighted by Crippen LogP contribution is -2.28. The van der Waals surface area contributed by atoms with E-state index in [0.717, 1.165) is 16.9 Å². The van der Waals surface area contributed by atoms with E-state index < -0.39 is 4.92 Å². The second kappa shape index (κ2) is 7.98. The Hall–Kier alpha value is -2.60. The minimum absolute atomic E-state index is 0.0486. The van der Waals surface area contributed by atoms with Crippen LogP contribution < -0.4 is 10.1 Å². The number of nitrogens with zero attached hydrogens (tertiary/aromatic N) is 1. The summed E-state index contributed by atoms with van der Waals surface area (Å²) in [5.74, 6) is 0.406. The number of carbonyl (C=O) groups is 1. The second-order valence-corrected chi connectivity index (χ2v) is 5.99. The Morgan fingerprint density at radius 1 is 1.32 bits per heavy atom. The molecule has 0 bridgehead atoms. The van der Waals surface area contributed by atoms with Gasteiger partial charge in [-0.3, -0.25) is 14.9 Å². The number of rotatable bonds is 6. The zero-order valence-electron chi connectivity index (χ0n) is 14.2. The maximum atomic E-state index is 12.5. The molecule has 7 heteroatoms. The lowest BCUT2D eigenvalue weighted by Gasteiger charge is -2.19. The Labute approximate surface area is 150 Å². The van der Waals surface area contributed by atoms with Gasteiger partial charge in [-0.15, -0.1) is 0 Å². The average molecular weight is 363 g/mol. The molecule has 0 heterocycles. The van der Waals surface area contributed by atoms with Crippen molar-refractivity contribution in [3.8, 4) is 5.75 Å². The van der Waals surface area contributed by atoms with Gasteiger partial charge in [-0.05, 0) is 36.6 Å². The molecule has 0 aliphatic rings. The monoisotopic (exact) mass is 362 g/mol. The summed E-state index contributed by atoms with van der Waals surface area (Å²) in [4.78, 5) is 22.7. The van der Waals surface area contributed by atoms with Gasteiger partial charge in [0, 0.05) is 12.1 Å². The Bertz CT molecular complexity index is 808. The number of halogens is 1. The van der Waals surface area contributed by atoms with Crippen LogP contribution in [0.15, 0.2) is 36.4 Å². The number of hydrogen-bond donors (Lipinski definition) is 1. The molecule has 2 aromatic carbocycles. The van der Waals surface area contributed by atoms with E-state index in [0.29, 0.717) is 6.42 Å². The third kappa shape index (κ3) is 4.28. The van der Waals surface area contributed by atoms with Crippen LogP contribution in [0.2, 0.25) is 5.02 Å². The SMILES string of the molecule is CCC(NC(=O)c1ccc([N+](=O)[O-])cc1Cl)c1ccc(OC)c(C)c1. The molecule has 1 amide bonds. The molecule has 0 aliphatic carbocycles. The number of nitro benzene ring substituents is 1. The molecule has 1 atom stereocenters. The molecule has 2 aromatic rings. The number of ether oxygens (including phenoxy) is 1. The summed E-state index contributed by atoms with van der Waals surface area (Å²) in [5, 5.41) is 13.7. The first-order valence-corrected chi connectivity index (χ1v) is 8.14. The number of aryl methyl sites for hydroxylation is 1. The number of nitro groups is 1. The van der Waals surface area contributed by atoms with Crippen LogP contribution in [0.5, 0.6) is 5.75 Å². The Kier molecular flexibility index (Phi) is 5.98. The molecule has 0 aliphatic heterocycles. The molecule has 0 spiro atoms. The number of amides is 1. The van der Waals surface area contributed by atoms with Gasteiger partial charge in [-0.1, -0.05) is 30.7 Å². The molecule has 1 N–H and O–H groups in total. The van der Waals surface area contributed by atoms with E-state index in [2.05, 4.69) is 5.32 Å². The third-order valence-electron chi connectivity index (χ3n) is 3.94. The van der Waals surface area contributed by atoms with E-state index in [-0.39, 0.29) is 28.2 Å². The van der Waals surface area contributed by atoms with Crippen molar-refractivity contribution in [2.75, 3.05) is 7.11 Å². The van der Waals surface area contributed by atoms with Crippen molar-refractivity contribution in [1.29, 1.82) is 0 Å². The first-order chi connectivity index (χ1) is 11.9. The number of hydrogen-bond acceptors (Lipinski definition) is 4.